The number of likely N-dealkylation sites (tertiary alicyclic amines) is 1. The molecule has 0 atom stereocenters. The number of fused-ring (bicyclic) bond motifs is 1. The third kappa shape index (κ3) is 5.52. The number of urea groups is 1. The second-order valence-electron chi connectivity index (χ2n) is 7.76. The Morgan fingerprint density at radius 2 is 2.00 bits per heavy atom. The van der Waals surface area contributed by atoms with E-state index in [0.29, 0.717) is 48.9 Å². The Morgan fingerprint density at radius 3 is 2.69 bits per heavy atom. The number of benzene rings is 1. The van der Waals surface area contributed by atoms with Crippen LogP contribution in [-0.4, -0.2) is 58.0 Å². The molecular weight excluding hydrogens is 425 g/mol. The van der Waals surface area contributed by atoms with E-state index in [1.54, 1.807) is 24.1 Å². The molecule has 1 fully saturated rings. The molecule has 0 spiro atoms. The number of halogens is 3. The van der Waals surface area contributed by atoms with Gasteiger partial charge in [0.15, 0.2) is 17.5 Å². The van der Waals surface area contributed by atoms with E-state index in [4.69, 9.17) is 4.42 Å². The van der Waals surface area contributed by atoms with Crippen LogP contribution in [-0.2, 0) is 0 Å². The minimum atomic E-state index is -4.16. The van der Waals surface area contributed by atoms with Gasteiger partial charge in [-0.15, -0.1) is 10.2 Å². The number of rotatable bonds is 5. The highest BCUT2D eigenvalue weighted by Gasteiger charge is 2.28. The zero-order valence-corrected chi connectivity index (χ0v) is 17.4. The number of carbonyl (C=O) groups is 1. The van der Waals surface area contributed by atoms with Gasteiger partial charge in [0.05, 0.1) is 18.1 Å². The lowest BCUT2D eigenvalue weighted by Crippen LogP contribution is -2.46. The summed E-state index contributed by atoms with van der Waals surface area (Å²) < 4.78 is 42.4. The highest BCUT2D eigenvalue weighted by Crippen LogP contribution is 2.25. The minimum absolute atomic E-state index is 0.0278. The average molecular weight is 448 g/mol. The molecule has 8 nitrogen and oxygen atoms in total. The predicted molar refractivity (Wildman–Crippen MR) is 112 cm³/mol. The molecule has 2 N–H and O–H groups in total. The number of amides is 2. The molecule has 3 aromatic rings. The summed E-state index contributed by atoms with van der Waals surface area (Å²) in [5.74, 6) is 1.53. The summed E-state index contributed by atoms with van der Waals surface area (Å²) in [6, 6.07) is 6.96. The van der Waals surface area contributed by atoms with Crippen LogP contribution in [0.25, 0.3) is 22.2 Å². The van der Waals surface area contributed by atoms with Crippen molar-refractivity contribution in [1.82, 2.24) is 25.4 Å². The molecule has 1 aliphatic rings. The van der Waals surface area contributed by atoms with E-state index in [1.165, 1.54) is 0 Å². The van der Waals surface area contributed by atoms with Gasteiger partial charge < -0.3 is 14.6 Å². The van der Waals surface area contributed by atoms with Crippen molar-refractivity contribution in [2.24, 2.45) is 0 Å². The molecule has 0 radical (unpaired) electrons. The number of hydrogen-bond donors (Lipinski definition) is 2. The first-order chi connectivity index (χ1) is 15.3. The molecule has 0 unspecified atom stereocenters. The topological polar surface area (TPSA) is 96.2 Å². The average Bonchev–Trinajstić information content (AvgIpc) is 3.19. The molecule has 2 amide bonds. The van der Waals surface area contributed by atoms with Crippen LogP contribution in [0.4, 0.5) is 23.8 Å². The summed E-state index contributed by atoms with van der Waals surface area (Å²) in [5.41, 5.74) is 1.51. The maximum atomic E-state index is 12.6. The summed E-state index contributed by atoms with van der Waals surface area (Å²) in [4.78, 5) is 18.3. The molecule has 3 heterocycles. The summed E-state index contributed by atoms with van der Waals surface area (Å²) in [6.07, 6.45) is -2.19. The van der Waals surface area contributed by atoms with E-state index in [2.05, 4.69) is 25.8 Å². The standard InChI is InChI=1S/C21H23F3N6O2/c1-13-26-12-18(32-13)14-2-3-17-15(10-14)11-19(29-28-17)27-20(31)30-8-4-16(5-9-30)25-7-6-21(22,23)24/h2-3,10-12,16,25H,4-9H2,1H3,(H,27,29,31). The lowest BCUT2D eigenvalue weighted by Gasteiger charge is -2.32. The van der Waals surface area contributed by atoms with E-state index >= 15 is 0 Å². The molecule has 0 bridgehead atoms. The fourth-order valence-electron chi connectivity index (χ4n) is 3.65. The van der Waals surface area contributed by atoms with Gasteiger partial charge in [-0.2, -0.15) is 13.2 Å². The number of aromatic nitrogens is 3. The van der Waals surface area contributed by atoms with Gasteiger partial charge in [-0.3, -0.25) is 5.32 Å². The Kier molecular flexibility index (Phi) is 6.26. The van der Waals surface area contributed by atoms with E-state index < -0.39 is 12.6 Å². The number of oxazole rings is 1. The molecule has 0 aliphatic carbocycles. The molecule has 32 heavy (non-hydrogen) atoms. The van der Waals surface area contributed by atoms with Gasteiger partial charge in [0.1, 0.15) is 0 Å². The number of nitrogens with zero attached hydrogens (tertiary/aromatic N) is 4. The van der Waals surface area contributed by atoms with E-state index in [-0.39, 0.29) is 18.6 Å². The fraction of sp³-hybridized carbons (Fsp3) is 0.429. The monoisotopic (exact) mass is 448 g/mol. The van der Waals surface area contributed by atoms with E-state index in [1.807, 2.05) is 18.2 Å². The first-order valence-electron chi connectivity index (χ1n) is 10.3. The highest BCUT2D eigenvalue weighted by atomic mass is 19.4. The molecule has 170 valence electrons. The fourth-order valence-corrected chi connectivity index (χ4v) is 3.65. The van der Waals surface area contributed by atoms with E-state index in [0.717, 1.165) is 10.9 Å². The van der Waals surface area contributed by atoms with Crippen molar-refractivity contribution in [3.63, 3.8) is 0 Å². The van der Waals surface area contributed by atoms with Crippen LogP contribution in [0.3, 0.4) is 0 Å². The zero-order chi connectivity index (χ0) is 22.7. The van der Waals surface area contributed by atoms with Crippen LogP contribution in [0, 0.1) is 6.92 Å². The second-order valence-corrected chi connectivity index (χ2v) is 7.76. The summed E-state index contributed by atoms with van der Waals surface area (Å²) in [5, 5.41) is 14.7. The van der Waals surface area contributed by atoms with E-state index in [9.17, 15) is 18.0 Å². The quantitative estimate of drug-likeness (QED) is 0.609. The number of anilines is 1. The molecule has 1 aromatic carbocycles. The van der Waals surface area contributed by atoms with Crippen LogP contribution in [0.1, 0.15) is 25.2 Å². The Hall–Kier alpha value is -3.21. The molecule has 2 aromatic heterocycles. The molecule has 11 heteroatoms. The van der Waals surface area contributed by atoms with Crippen LogP contribution >= 0.6 is 0 Å². The molecule has 0 saturated carbocycles. The number of carbonyl (C=O) groups excluding carboxylic acids is 1. The predicted octanol–water partition coefficient (Wildman–Crippen LogP) is 4.13. The van der Waals surface area contributed by atoms with Crippen LogP contribution < -0.4 is 10.6 Å². The Morgan fingerprint density at radius 1 is 1.22 bits per heavy atom. The van der Waals surface area contributed by atoms with Gasteiger partial charge in [-0.05, 0) is 37.1 Å². The van der Waals surface area contributed by atoms with Crippen LogP contribution in [0.5, 0.6) is 0 Å². The lowest BCUT2D eigenvalue weighted by atomic mass is 10.1. The van der Waals surface area contributed by atoms with Gasteiger partial charge in [0.25, 0.3) is 0 Å². The highest BCUT2D eigenvalue weighted by molar-refractivity contribution is 5.91. The third-order valence-electron chi connectivity index (χ3n) is 5.35. The number of nitrogens with one attached hydrogen (secondary N) is 2. The number of hydrogen-bond acceptors (Lipinski definition) is 6. The Labute approximate surface area is 182 Å². The van der Waals surface area contributed by atoms with Crippen molar-refractivity contribution in [3.8, 4) is 11.3 Å². The van der Waals surface area contributed by atoms with Gasteiger partial charge in [0.2, 0.25) is 0 Å². The number of aryl methyl sites for hydroxylation is 1. The van der Waals surface area contributed by atoms with Gasteiger partial charge in [0, 0.05) is 43.5 Å². The largest absolute Gasteiger partial charge is 0.441 e. The molecule has 1 saturated heterocycles. The van der Waals surface area contributed by atoms with Gasteiger partial charge in [-0.25, -0.2) is 9.78 Å². The first-order valence-corrected chi connectivity index (χ1v) is 10.3. The number of piperidine rings is 1. The molecule has 1 aliphatic heterocycles. The second kappa shape index (κ2) is 9.11. The maximum absolute atomic E-state index is 12.6. The zero-order valence-electron chi connectivity index (χ0n) is 17.4. The minimum Gasteiger partial charge on any atom is -0.441 e. The summed E-state index contributed by atoms with van der Waals surface area (Å²) in [7, 11) is 0. The van der Waals surface area contributed by atoms with Crippen LogP contribution in [0.15, 0.2) is 34.9 Å². The summed E-state index contributed by atoms with van der Waals surface area (Å²) >= 11 is 0. The van der Waals surface area contributed by atoms with Gasteiger partial charge in [-0.1, -0.05) is 0 Å². The van der Waals surface area contributed by atoms with Crippen molar-refractivity contribution in [2.45, 2.75) is 38.4 Å². The van der Waals surface area contributed by atoms with Crippen molar-refractivity contribution in [2.75, 3.05) is 25.0 Å². The maximum Gasteiger partial charge on any atom is 0.390 e. The van der Waals surface area contributed by atoms with Crippen LogP contribution in [0.2, 0.25) is 0 Å². The van der Waals surface area contributed by atoms with Crippen molar-refractivity contribution in [3.05, 3.63) is 36.4 Å². The smallest absolute Gasteiger partial charge is 0.390 e. The molecular formula is C21H23F3N6O2. The SMILES string of the molecule is Cc1ncc(-c2ccc3nnc(NC(=O)N4CCC(NCCC(F)(F)F)CC4)cc3c2)o1. The van der Waals surface area contributed by atoms with Gasteiger partial charge >= 0.3 is 12.2 Å². The van der Waals surface area contributed by atoms with Crippen molar-refractivity contribution in [1.29, 1.82) is 0 Å². The summed E-state index contributed by atoms with van der Waals surface area (Å²) in [6.45, 7) is 2.56. The third-order valence-corrected chi connectivity index (χ3v) is 5.35. The Balaban J connectivity index is 1.34. The number of alkyl halides is 3. The lowest BCUT2D eigenvalue weighted by molar-refractivity contribution is -0.133. The molecule has 4 rings (SSSR count). The van der Waals surface area contributed by atoms with Crippen molar-refractivity contribution >= 4 is 22.8 Å². The normalized spacial score (nSPS) is 15.3. The Bertz CT molecular complexity index is 1090. The first kappa shape index (κ1) is 22.0. The van der Waals surface area contributed by atoms with Crippen molar-refractivity contribution < 1.29 is 22.4 Å².